The van der Waals surface area contributed by atoms with Crippen LogP contribution in [0.2, 0.25) is 0 Å². The van der Waals surface area contributed by atoms with E-state index in [1.165, 1.54) is 58.2 Å². The number of likely N-dealkylation sites (N-methyl/N-ethyl adjacent to an activating group) is 1. The van der Waals surface area contributed by atoms with Crippen molar-refractivity contribution in [3.63, 3.8) is 0 Å². The Labute approximate surface area is 300 Å². The molecule has 0 aliphatic carbocycles. The van der Waals surface area contributed by atoms with Crippen LogP contribution >= 0.6 is 0 Å². The summed E-state index contributed by atoms with van der Waals surface area (Å²) in [5.41, 5.74) is 8.64. The van der Waals surface area contributed by atoms with Crippen molar-refractivity contribution in [1.82, 2.24) is 19.6 Å². The second-order valence-corrected chi connectivity index (χ2v) is 13.8. The monoisotopic (exact) mass is 682 g/mol. The molecule has 0 aromatic heterocycles. The van der Waals surface area contributed by atoms with Crippen molar-refractivity contribution in [3.05, 3.63) is 88.5 Å². The molecule has 3 aromatic carbocycles. The van der Waals surface area contributed by atoms with Gasteiger partial charge in [0.2, 0.25) is 0 Å². The number of aliphatic carboxylic acids is 1. The zero-order valence-electron chi connectivity index (χ0n) is 30.6. The molecule has 0 radical (unpaired) electrons. The van der Waals surface area contributed by atoms with E-state index >= 15 is 0 Å². The fraction of sp³-hybridized carbons (Fsp3) is 0.500. The van der Waals surface area contributed by atoms with Crippen molar-refractivity contribution in [2.45, 2.75) is 46.6 Å². The third-order valence-electron chi connectivity index (χ3n) is 10.2. The van der Waals surface area contributed by atoms with Gasteiger partial charge in [0.05, 0.1) is 19.8 Å². The Kier molecular flexibility index (Phi) is 14.9. The van der Waals surface area contributed by atoms with Gasteiger partial charge in [-0.25, -0.2) is 0 Å². The fourth-order valence-electron chi connectivity index (χ4n) is 7.08. The number of hydrogen-bond donors (Lipinski definition) is 1. The summed E-state index contributed by atoms with van der Waals surface area (Å²) < 4.78 is 12.6. The van der Waals surface area contributed by atoms with E-state index in [2.05, 4.69) is 108 Å². The molecule has 8 nitrogen and oxygen atoms in total. The number of aryl methyl sites for hydroxylation is 1. The maximum Gasteiger partial charge on any atom is 0.317 e. The molecule has 2 heterocycles. The number of carbonyl (C=O) groups is 1. The fourth-order valence-corrected chi connectivity index (χ4v) is 7.08. The quantitative estimate of drug-likeness (QED) is 0.143. The van der Waals surface area contributed by atoms with Gasteiger partial charge in [0.15, 0.2) is 0 Å². The third kappa shape index (κ3) is 11.5. The highest BCUT2D eigenvalue weighted by Crippen LogP contribution is 2.30. The van der Waals surface area contributed by atoms with E-state index < -0.39 is 5.97 Å². The van der Waals surface area contributed by atoms with Gasteiger partial charge in [0.1, 0.15) is 12.4 Å². The molecule has 2 fully saturated rings. The Hall–Kier alpha value is -3.53. The molecule has 0 atom stereocenters. The van der Waals surface area contributed by atoms with Crippen LogP contribution in [0.1, 0.15) is 54.0 Å². The van der Waals surface area contributed by atoms with Gasteiger partial charge in [-0.15, -0.1) is 0 Å². The summed E-state index contributed by atoms with van der Waals surface area (Å²) in [6, 6.07) is 21.6. The Morgan fingerprint density at radius 2 is 1.44 bits per heavy atom. The third-order valence-corrected chi connectivity index (χ3v) is 10.2. The standard InChI is InChI=1S/C42H58N4O4/c1-4-43-20-22-44(23-25-46(24-21-43)33-42(47)48)26-27-49-28-29-50-41-31-38(34(2)30-39(41)32-45-18-9-6-10-19-45)17-16-36-14-11-15-40(35(36)3)37-12-7-5-8-13-37/h5,7-8,11-17,30-31H,4,6,9-10,18-29,32-33H2,1-3H3,(H,47,48)/b17-16+. The second-order valence-electron chi connectivity index (χ2n) is 13.8. The topological polar surface area (TPSA) is 68.7 Å². The number of rotatable bonds is 15. The van der Waals surface area contributed by atoms with E-state index in [0.717, 1.165) is 77.7 Å². The number of hydrogen-bond acceptors (Lipinski definition) is 7. The minimum atomic E-state index is -0.762. The average Bonchev–Trinajstić information content (AvgIpc) is 3.21. The summed E-state index contributed by atoms with van der Waals surface area (Å²) in [6.07, 6.45) is 8.30. The van der Waals surface area contributed by atoms with Crippen LogP contribution in [0.5, 0.6) is 5.75 Å². The van der Waals surface area contributed by atoms with Crippen LogP contribution < -0.4 is 4.74 Å². The second kappa shape index (κ2) is 19.8. The lowest BCUT2D eigenvalue weighted by Crippen LogP contribution is -2.39. The highest BCUT2D eigenvalue weighted by atomic mass is 16.5. The van der Waals surface area contributed by atoms with Gasteiger partial charge in [-0.1, -0.05) is 80.1 Å². The maximum absolute atomic E-state index is 11.4. The molecule has 2 aliphatic heterocycles. The first-order chi connectivity index (χ1) is 24.4. The van der Waals surface area contributed by atoms with Crippen LogP contribution in [0.3, 0.4) is 0 Å². The van der Waals surface area contributed by atoms with Crippen molar-refractivity contribution < 1.29 is 19.4 Å². The number of carboxylic acid groups (broad SMARTS) is 1. The average molecular weight is 683 g/mol. The number of likely N-dealkylation sites (tertiary alicyclic amines) is 1. The zero-order chi connectivity index (χ0) is 35.1. The van der Waals surface area contributed by atoms with Crippen LogP contribution in [-0.2, 0) is 16.1 Å². The van der Waals surface area contributed by atoms with Crippen molar-refractivity contribution in [1.29, 1.82) is 0 Å². The predicted molar refractivity (Wildman–Crippen MR) is 205 cm³/mol. The minimum absolute atomic E-state index is 0.0938. The first-order valence-electron chi connectivity index (χ1n) is 18.7. The normalized spacial score (nSPS) is 17.4. The zero-order valence-corrected chi connectivity index (χ0v) is 30.6. The number of carboxylic acids is 1. The lowest BCUT2D eigenvalue weighted by molar-refractivity contribution is -0.138. The summed E-state index contributed by atoms with van der Waals surface area (Å²) in [5.74, 6) is 0.180. The molecule has 8 heteroatoms. The van der Waals surface area contributed by atoms with E-state index in [1.54, 1.807) is 0 Å². The SMILES string of the molecule is CCN1CCN(CCOCCOc2cc(/C=C/c3cccc(-c4ccccc4)c3C)c(C)cc2CN2CCCCC2)CCN(CC(=O)O)CC1. The van der Waals surface area contributed by atoms with E-state index in [4.69, 9.17) is 9.47 Å². The van der Waals surface area contributed by atoms with E-state index in [9.17, 15) is 9.90 Å². The summed E-state index contributed by atoms with van der Waals surface area (Å²) in [5, 5.41) is 9.34. The number of nitrogens with zero attached hydrogens (tertiary/aromatic N) is 4. The molecular weight excluding hydrogens is 624 g/mol. The van der Waals surface area contributed by atoms with Crippen LogP contribution in [0, 0.1) is 13.8 Å². The first kappa shape index (κ1) is 37.7. The summed E-state index contributed by atoms with van der Waals surface area (Å²) >= 11 is 0. The molecule has 0 amide bonds. The largest absolute Gasteiger partial charge is 0.491 e. The maximum atomic E-state index is 11.4. The van der Waals surface area contributed by atoms with E-state index in [0.29, 0.717) is 19.8 Å². The van der Waals surface area contributed by atoms with Crippen LogP contribution in [-0.4, -0.2) is 122 Å². The molecule has 3 aromatic rings. The summed E-state index contributed by atoms with van der Waals surface area (Å²) in [4.78, 5) is 20.8. The minimum Gasteiger partial charge on any atom is -0.491 e. The van der Waals surface area contributed by atoms with Gasteiger partial charge in [-0.3, -0.25) is 19.5 Å². The predicted octanol–water partition coefficient (Wildman–Crippen LogP) is 6.55. The first-order valence-corrected chi connectivity index (χ1v) is 18.7. The van der Waals surface area contributed by atoms with Crippen molar-refractivity contribution in [3.8, 4) is 16.9 Å². The molecule has 270 valence electrons. The Morgan fingerprint density at radius 3 is 2.16 bits per heavy atom. The molecule has 0 spiro atoms. The van der Waals surface area contributed by atoms with Crippen LogP contribution in [0.15, 0.2) is 60.7 Å². The number of piperidine rings is 1. The number of benzene rings is 3. The summed E-state index contributed by atoms with van der Waals surface area (Å²) in [6.45, 7) is 18.5. The van der Waals surface area contributed by atoms with Crippen molar-refractivity contribution in [2.24, 2.45) is 0 Å². The highest BCUT2D eigenvalue weighted by molar-refractivity contribution is 5.78. The number of ether oxygens (including phenoxy) is 2. The summed E-state index contributed by atoms with van der Waals surface area (Å²) in [7, 11) is 0. The molecule has 0 bridgehead atoms. The lowest BCUT2D eigenvalue weighted by atomic mass is 9.95. The Balaban J connectivity index is 1.20. The highest BCUT2D eigenvalue weighted by Gasteiger charge is 2.18. The Morgan fingerprint density at radius 1 is 0.740 bits per heavy atom. The van der Waals surface area contributed by atoms with Crippen molar-refractivity contribution in [2.75, 3.05) is 91.8 Å². The molecule has 1 N–H and O–H groups in total. The van der Waals surface area contributed by atoms with Crippen LogP contribution in [0.25, 0.3) is 23.3 Å². The van der Waals surface area contributed by atoms with Gasteiger partial charge in [-0.05, 0) is 85.8 Å². The van der Waals surface area contributed by atoms with Gasteiger partial charge in [0, 0.05) is 57.9 Å². The molecule has 5 rings (SSSR count). The lowest BCUT2D eigenvalue weighted by Gasteiger charge is -2.27. The van der Waals surface area contributed by atoms with Gasteiger partial charge >= 0.3 is 5.97 Å². The van der Waals surface area contributed by atoms with Crippen molar-refractivity contribution >= 4 is 18.1 Å². The smallest absolute Gasteiger partial charge is 0.317 e. The van der Waals surface area contributed by atoms with E-state index in [-0.39, 0.29) is 6.54 Å². The van der Waals surface area contributed by atoms with Gasteiger partial charge < -0.3 is 19.5 Å². The molecule has 0 saturated carbocycles. The molecule has 2 aliphatic rings. The molecule has 2 saturated heterocycles. The van der Waals surface area contributed by atoms with Gasteiger partial charge in [-0.2, -0.15) is 0 Å². The molecular formula is C42H58N4O4. The Bertz CT molecular complexity index is 1520. The van der Waals surface area contributed by atoms with E-state index in [1.807, 2.05) is 4.90 Å². The van der Waals surface area contributed by atoms with Gasteiger partial charge in [0.25, 0.3) is 0 Å². The van der Waals surface area contributed by atoms with Crippen LogP contribution in [0.4, 0.5) is 0 Å². The molecule has 50 heavy (non-hydrogen) atoms. The molecule has 0 unspecified atom stereocenters.